The summed E-state index contributed by atoms with van der Waals surface area (Å²) in [6, 6.07) is 2.14. The molecule has 0 aliphatic carbocycles. The number of aryl methyl sites for hydroxylation is 1. The number of hydrogen-bond donors (Lipinski definition) is 1. The Morgan fingerprint density at radius 2 is 2.10 bits per heavy atom. The molecule has 162 valence electrons. The molecular weight excluding hydrogens is 366 g/mol. The highest BCUT2D eigenvalue weighted by atomic mass is 16.5. The van der Waals surface area contributed by atoms with Crippen molar-refractivity contribution in [2.24, 2.45) is 16.7 Å². The molecule has 2 fully saturated rings. The van der Waals surface area contributed by atoms with Gasteiger partial charge in [-0.25, -0.2) is 4.98 Å². The van der Waals surface area contributed by atoms with Crippen LogP contribution < -0.4 is 10.1 Å². The molecule has 2 saturated heterocycles. The van der Waals surface area contributed by atoms with Gasteiger partial charge in [0.15, 0.2) is 0 Å². The molecule has 0 saturated carbocycles. The number of pyridine rings is 1. The predicted molar refractivity (Wildman–Crippen MR) is 114 cm³/mol. The first kappa shape index (κ1) is 22.0. The molecule has 6 nitrogen and oxygen atoms in total. The highest BCUT2D eigenvalue weighted by Crippen LogP contribution is 2.44. The highest BCUT2D eigenvalue weighted by Gasteiger charge is 2.50. The number of aromatic nitrogens is 1. The first-order valence-electron chi connectivity index (χ1n) is 10.8. The van der Waals surface area contributed by atoms with E-state index >= 15 is 0 Å². The second-order valence-corrected chi connectivity index (χ2v) is 9.97. The van der Waals surface area contributed by atoms with Gasteiger partial charge >= 0.3 is 0 Å². The standard InChI is InChI=1S/C23H37N3O3/c1-17-12-18(13-25-21(17)28-5)14-26-15-19(20(27)24-9-6-22(2,3)4)23(16-26)7-10-29-11-8-23/h12-13,19H,6-11,14-16H2,1-5H3,(H,24,27)/t19-/m0/s1. The van der Waals surface area contributed by atoms with Gasteiger partial charge in [0, 0.05) is 56.6 Å². The molecular formula is C23H37N3O3. The van der Waals surface area contributed by atoms with E-state index in [1.54, 1.807) is 7.11 Å². The second kappa shape index (κ2) is 9.00. The summed E-state index contributed by atoms with van der Waals surface area (Å²) in [6.07, 6.45) is 4.79. The monoisotopic (exact) mass is 403 g/mol. The predicted octanol–water partition coefficient (Wildman–Crippen LogP) is 3.18. The topological polar surface area (TPSA) is 63.7 Å². The van der Waals surface area contributed by atoms with Crippen LogP contribution in [0.1, 0.15) is 51.2 Å². The van der Waals surface area contributed by atoms with Crippen molar-refractivity contribution in [3.8, 4) is 5.88 Å². The van der Waals surface area contributed by atoms with Gasteiger partial charge in [0.05, 0.1) is 13.0 Å². The lowest BCUT2D eigenvalue weighted by molar-refractivity contribution is -0.129. The Labute approximate surface area is 175 Å². The Balaban J connectivity index is 1.68. The van der Waals surface area contributed by atoms with Gasteiger partial charge in [0.2, 0.25) is 11.8 Å². The molecule has 1 atom stereocenters. The third kappa shape index (κ3) is 5.48. The van der Waals surface area contributed by atoms with Gasteiger partial charge in [-0.15, -0.1) is 0 Å². The van der Waals surface area contributed by atoms with Gasteiger partial charge in [-0.2, -0.15) is 0 Å². The lowest BCUT2D eigenvalue weighted by atomic mass is 9.71. The Morgan fingerprint density at radius 1 is 1.38 bits per heavy atom. The van der Waals surface area contributed by atoms with Crippen LogP contribution in [0.25, 0.3) is 0 Å². The van der Waals surface area contributed by atoms with E-state index in [2.05, 4.69) is 42.0 Å². The molecule has 3 heterocycles. The van der Waals surface area contributed by atoms with Gasteiger partial charge < -0.3 is 14.8 Å². The van der Waals surface area contributed by atoms with Gasteiger partial charge in [-0.3, -0.25) is 9.69 Å². The second-order valence-electron chi connectivity index (χ2n) is 9.97. The number of amides is 1. The zero-order valence-electron chi connectivity index (χ0n) is 18.7. The molecule has 0 unspecified atom stereocenters. The molecule has 1 aromatic heterocycles. The Morgan fingerprint density at radius 3 is 2.72 bits per heavy atom. The number of nitrogens with zero attached hydrogens (tertiary/aromatic N) is 2. The van der Waals surface area contributed by atoms with E-state index in [0.29, 0.717) is 5.88 Å². The molecule has 2 aliphatic rings. The van der Waals surface area contributed by atoms with Crippen molar-refractivity contribution in [3.05, 3.63) is 23.4 Å². The number of ether oxygens (including phenoxy) is 2. The van der Waals surface area contributed by atoms with E-state index in [1.165, 1.54) is 5.56 Å². The number of likely N-dealkylation sites (tertiary alicyclic amines) is 1. The van der Waals surface area contributed by atoms with Crippen molar-refractivity contribution in [2.45, 2.75) is 53.5 Å². The molecule has 29 heavy (non-hydrogen) atoms. The summed E-state index contributed by atoms with van der Waals surface area (Å²) in [7, 11) is 1.65. The smallest absolute Gasteiger partial charge is 0.225 e. The Kier molecular flexibility index (Phi) is 6.84. The summed E-state index contributed by atoms with van der Waals surface area (Å²) in [5.41, 5.74) is 2.46. The maximum Gasteiger partial charge on any atom is 0.225 e. The highest BCUT2D eigenvalue weighted by molar-refractivity contribution is 5.80. The van der Waals surface area contributed by atoms with Crippen molar-refractivity contribution in [1.82, 2.24) is 15.2 Å². The van der Waals surface area contributed by atoms with Crippen LogP contribution in [0.2, 0.25) is 0 Å². The molecule has 0 aromatic carbocycles. The van der Waals surface area contributed by atoms with Crippen molar-refractivity contribution in [3.63, 3.8) is 0 Å². The van der Waals surface area contributed by atoms with Crippen molar-refractivity contribution in [1.29, 1.82) is 0 Å². The first-order valence-corrected chi connectivity index (χ1v) is 10.8. The molecule has 0 bridgehead atoms. The fourth-order valence-electron chi connectivity index (χ4n) is 4.70. The van der Waals surface area contributed by atoms with Gasteiger partial charge in [-0.05, 0) is 43.2 Å². The third-order valence-corrected chi connectivity index (χ3v) is 6.38. The van der Waals surface area contributed by atoms with Crippen LogP contribution >= 0.6 is 0 Å². The Bertz CT molecular complexity index is 708. The summed E-state index contributed by atoms with van der Waals surface area (Å²) in [5, 5.41) is 3.23. The molecule has 3 rings (SSSR count). The maximum atomic E-state index is 13.1. The lowest BCUT2D eigenvalue weighted by Gasteiger charge is -2.37. The first-order chi connectivity index (χ1) is 13.7. The molecule has 0 radical (unpaired) electrons. The third-order valence-electron chi connectivity index (χ3n) is 6.38. The largest absolute Gasteiger partial charge is 0.481 e. The van der Waals surface area contributed by atoms with E-state index in [1.807, 2.05) is 13.1 Å². The van der Waals surface area contributed by atoms with Gasteiger partial charge in [0.1, 0.15) is 0 Å². The summed E-state index contributed by atoms with van der Waals surface area (Å²) in [5.74, 6) is 0.911. The van der Waals surface area contributed by atoms with Gasteiger partial charge in [-0.1, -0.05) is 20.8 Å². The molecule has 1 amide bonds. The van der Waals surface area contributed by atoms with E-state index in [9.17, 15) is 4.79 Å². The zero-order chi connectivity index (χ0) is 21.1. The van der Waals surface area contributed by atoms with E-state index in [4.69, 9.17) is 9.47 Å². The summed E-state index contributed by atoms with van der Waals surface area (Å²) >= 11 is 0. The van der Waals surface area contributed by atoms with Crippen LogP contribution in [-0.2, 0) is 16.1 Å². The number of carbonyl (C=O) groups excluding carboxylic acids is 1. The van der Waals surface area contributed by atoms with Crippen LogP contribution in [0, 0.1) is 23.7 Å². The van der Waals surface area contributed by atoms with E-state index < -0.39 is 0 Å². The van der Waals surface area contributed by atoms with Crippen molar-refractivity contribution >= 4 is 5.91 Å². The fraction of sp³-hybridized carbons (Fsp3) is 0.739. The average Bonchev–Trinajstić information content (AvgIpc) is 2.98. The van der Waals surface area contributed by atoms with Crippen molar-refractivity contribution < 1.29 is 14.3 Å². The minimum atomic E-state index is 0.0265. The van der Waals surface area contributed by atoms with E-state index in [0.717, 1.165) is 64.2 Å². The fourth-order valence-corrected chi connectivity index (χ4v) is 4.70. The number of hydrogen-bond acceptors (Lipinski definition) is 5. The van der Waals surface area contributed by atoms with Gasteiger partial charge in [0.25, 0.3) is 0 Å². The molecule has 1 N–H and O–H groups in total. The number of carbonyl (C=O) groups is 1. The van der Waals surface area contributed by atoms with Crippen LogP contribution in [0.3, 0.4) is 0 Å². The van der Waals surface area contributed by atoms with Crippen LogP contribution in [0.4, 0.5) is 0 Å². The summed E-state index contributed by atoms with van der Waals surface area (Å²) < 4.78 is 10.9. The lowest BCUT2D eigenvalue weighted by Crippen LogP contribution is -2.44. The van der Waals surface area contributed by atoms with Crippen molar-refractivity contribution in [2.75, 3.05) is 40.0 Å². The SMILES string of the molecule is COc1ncc(CN2C[C@@H](C(=O)NCCC(C)(C)C)C3(CCOCC3)C2)cc1C. The normalized spacial score (nSPS) is 22.0. The molecule has 6 heteroatoms. The van der Waals surface area contributed by atoms with Crippen LogP contribution in [0.5, 0.6) is 5.88 Å². The molecule has 1 aromatic rings. The summed E-state index contributed by atoms with van der Waals surface area (Å²) in [6.45, 7) is 13.4. The van der Waals surface area contributed by atoms with Crippen LogP contribution in [0.15, 0.2) is 12.3 Å². The van der Waals surface area contributed by atoms with E-state index in [-0.39, 0.29) is 22.7 Å². The molecule has 2 aliphatic heterocycles. The minimum absolute atomic E-state index is 0.0265. The number of rotatable bonds is 6. The number of nitrogens with one attached hydrogen (secondary N) is 1. The number of methoxy groups -OCH3 is 1. The maximum absolute atomic E-state index is 13.1. The summed E-state index contributed by atoms with van der Waals surface area (Å²) in [4.78, 5) is 20.0. The molecule has 1 spiro atoms. The quantitative estimate of drug-likeness (QED) is 0.790. The Hall–Kier alpha value is -1.66. The van der Waals surface area contributed by atoms with Crippen LogP contribution in [-0.4, -0.2) is 55.7 Å². The minimum Gasteiger partial charge on any atom is -0.481 e. The zero-order valence-corrected chi connectivity index (χ0v) is 18.7. The average molecular weight is 404 g/mol.